The van der Waals surface area contributed by atoms with Crippen molar-refractivity contribution in [3.8, 4) is 10.6 Å². The fraction of sp³-hybridized carbons (Fsp3) is 0. The van der Waals surface area contributed by atoms with Crippen LogP contribution in [-0.4, -0.2) is 15.1 Å². The first-order chi connectivity index (χ1) is 7.58. The molecule has 0 bridgehead atoms. The maximum absolute atomic E-state index is 13.0. The number of rotatable bonds is 2. The van der Waals surface area contributed by atoms with Gasteiger partial charge in [0.2, 0.25) is 0 Å². The lowest BCUT2D eigenvalue weighted by molar-refractivity contribution is -0.384. The van der Waals surface area contributed by atoms with Crippen molar-refractivity contribution in [2.75, 3.05) is 0 Å². The lowest BCUT2D eigenvalue weighted by Crippen LogP contribution is -1.92. The smallest absolute Gasteiger partial charge is 0.258 e. The zero-order chi connectivity index (χ0) is 11.7. The molecule has 0 atom stereocenters. The van der Waals surface area contributed by atoms with Crippen molar-refractivity contribution >= 4 is 39.6 Å². The molecule has 82 valence electrons. The maximum atomic E-state index is 13.0. The van der Waals surface area contributed by atoms with Crippen LogP contribution in [0, 0.1) is 18.9 Å². The van der Waals surface area contributed by atoms with Crippen LogP contribution in [0.5, 0.6) is 0 Å². The number of benzene rings is 1. The molecule has 0 spiro atoms. The second-order valence-electron chi connectivity index (χ2n) is 2.78. The molecular formula is C8H3FIN3O2S. The molecule has 2 aromatic rings. The first kappa shape index (κ1) is 11.3. The van der Waals surface area contributed by atoms with Gasteiger partial charge < -0.3 is 0 Å². The average molecular weight is 351 g/mol. The molecule has 0 saturated heterocycles. The Morgan fingerprint density at radius 3 is 2.75 bits per heavy atom. The minimum atomic E-state index is -0.566. The summed E-state index contributed by atoms with van der Waals surface area (Å²) in [6.45, 7) is 0. The van der Waals surface area contributed by atoms with Gasteiger partial charge in [-0.1, -0.05) is 11.3 Å². The van der Waals surface area contributed by atoms with Crippen molar-refractivity contribution in [2.45, 2.75) is 0 Å². The predicted molar refractivity (Wildman–Crippen MR) is 64.7 cm³/mol. The Kier molecular flexibility index (Phi) is 3.10. The summed E-state index contributed by atoms with van der Waals surface area (Å²) in [7, 11) is 0. The Bertz CT molecular complexity index is 560. The Morgan fingerprint density at radius 2 is 2.19 bits per heavy atom. The fourth-order valence-electron chi connectivity index (χ4n) is 1.15. The van der Waals surface area contributed by atoms with Crippen LogP contribution < -0.4 is 0 Å². The molecule has 0 aliphatic carbocycles. The minimum absolute atomic E-state index is 0.158. The van der Waals surface area contributed by atoms with Crippen LogP contribution in [0.2, 0.25) is 0 Å². The van der Waals surface area contributed by atoms with Gasteiger partial charge in [0.05, 0.1) is 10.5 Å². The van der Waals surface area contributed by atoms with E-state index in [1.165, 1.54) is 11.3 Å². The van der Waals surface area contributed by atoms with E-state index in [-0.39, 0.29) is 11.3 Å². The molecule has 0 aliphatic heterocycles. The Hall–Kier alpha value is -1.16. The van der Waals surface area contributed by atoms with Crippen LogP contribution >= 0.6 is 33.9 Å². The number of nitrogens with zero attached hydrogens (tertiary/aromatic N) is 3. The molecule has 1 aromatic heterocycles. The zero-order valence-electron chi connectivity index (χ0n) is 7.55. The van der Waals surface area contributed by atoms with Gasteiger partial charge in [-0.3, -0.25) is 10.1 Å². The van der Waals surface area contributed by atoms with Gasteiger partial charge in [0.25, 0.3) is 5.69 Å². The molecular weight excluding hydrogens is 348 g/mol. The quantitative estimate of drug-likeness (QED) is 0.474. The van der Waals surface area contributed by atoms with Crippen LogP contribution in [0.1, 0.15) is 0 Å². The second kappa shape index (κ2) is 4.37. The van der Waals surface area contributed by atoms with E-state index >= 15 is 0 Å². The molecule has 5 nitrogen and oxygen atoms in total. The normalized spacial score (nSPS) is 10.4. The van der Waals surface area contributed by atoms with Crippen LogP contribution in [0.3, 0.4) is 0 Å². The summed E-state index contributed by atoms with van der Waals surface area (Å²) < 4.78 is 13.7. The monoisotopic (exact) mass is 351 g/mol. The van der Waals surface area contributed by atoms with Crippen LogP contribution in [0.4, 0.5) is 10.1 Å². The van der Waals surface area contributed by atoms with Gasteiger partial charge in [-0.25, -0.2) is 4.39 Å². The third kappa shape index (κ3) is 2.16. The first-order valence-corrected chi connectivity index (χ1v) is 5.91. The van der Waals surface area contributed by atoms with Gasteiger partial charge in [0.1, 0.15) is 5.82 Å². The highest BCUT2D eigenvalue weighted by atomic mass is 127. The molecule has 0 aliphatic rings. The summed E-state index contributed by atoms with van der Waals surface area (Å²) in [6, 6.07) is 3.27. The summed E-state index contributed by atoms with van der Waals surface area (Å²) in [5, 5.41) is 18.6. The summed E-state index contributed by atoms with van der Waals surface area (Å²) in [5.41, 5.74) is -0.0145. The first-order valence-electron chi connectivity index (χ1n) is 4.01. The zero-order valence-corrected chi connectivity index (χ0v) is 10.5. The molecule has 8 heteroatoms. The highest BCUT2D eigenvalue weighted by molar-refractivity contribution is 14.1. The van der Waals surface area contributed by atoms with Gasteiger partial charge in [-0.05, 0) is 34.7 Å². The summed E-state index contributed by atoms with van der Waals surface area (Å²) in [4.78, 5) is 10.2. The number of nitro benzene ring substituents is 1. The molecule has 1 aromatic carbocycles. The Balaban J connectivity index is 2.62. The molecule has 0 radical (unpaired) electrons. The van der Waals surface area contributed by atoms with E-state index in [0.717, 1.165) is 18.2 Å². The topological polar surface area (TPSA) is 68.9 Å². The molecule has 0 unspecified atom stereocenters. The molecule has 1 heterocycles. The van der Waals surface area contributed by atoms with Crippen LogP contribution in [0.25, 0.3) is 10.6 Å². The van der Waals surface area contributed by atoms with Gasteiger partial charge >= 0.3 is 0 Å². The third-order valence-corrected chi connectivity index (χ3v) is 3.41. The van der Waals surface area contributed by atoms with E-state index in [9.17, 15) is 14.5 Å². The largest absolute Gasteiger partial charge is 0.279 e. The summed E-state index contributed by atoms with van der Waals surface area (Å²) >= 11 is 3.12. The van der Waals surface area contributed by atoms with Gasteiger partial charge in [-0.15, -0.1) is 10.2 Å². The number of aromatic nitrogens is 2. The maximum Gasteiger partial charge on any atom is 0.279 e. The van der Waals surface area contributed by atoms with E-state index in [1.54, 1.807) is 0 Å². The van der Waals surface area contributed by atoms with Crippen molar-refractivity contribution in [2.24, 2.45) is 0 Å². The SMILES string of the molecule is O=[N+]([O-])c1ccc(F)cc1-c1nnc(I)s1. The van der Waals surface area contributed by atoms with Gasteiger partial charge in [0.15, 0.2) is 8.02 Å². The number of hydrogen-bond donors (Lipinski definition) is 0. The van der Waals surface area contributed by atoms with E-state index in [1.807, 2.05) is 22.6 Å². The van der Waals surface area contributed by atoms with Gasteiger partial charge in [0, 0.05) is 6.07 Å². The van der Waals surface area contributed by atoms with Crippen molar-refractivity contribution < 1.29 is 9.31 Å². The third-order valence-electron chi connectivity index (χ3n) is 1.79. The van der Waals surface area contributed by atoms with Crippen molar-refractivity contribution in [1.82, 2.24) is 10.2 Å². The number of nitro groups is 1. The summed E-state index contributed by atoms with van der Waals surface area (Å²) in [5.74, 6) is -0.536. The predicted octanol–water partition coefficient (Wildman–Crippen LogP) is 2.86. The number of halogens is 2. The lowest BCUT2D eigenvalue weighted by atomic mass is 10.2. The standard InChI is InChI=1S/C8H3FIN3O2S/c9-4-1-2-6(13(14)15)5(3-4)7-11-12-8(10)16-7/h1-3H. The van der Waals surface area contributed by atoms with E-state index < -0.39 is 10.7 Å². The molecule has 2 rings (SSSR count). The Morgan fingerprint density at radius 1 is 1.44 bits per heavy atom. The van der Waals surface area contributed by atoms with Crippen LogP contribution in [-0.2, 0) is 0 Å². The Labute approximate surface area is 107 Å². The lowest BCUT2D eigenvalue weighted by Gasteiger charge is -1.98. The van der Waals surface area contributed by atoms with E-state index in [4.69, 9.17) is 0 Å². The summed E-state index contributed by atoms with van der Waals surface area (Å²) in [6.07, 6.45) is 0. The second-order valence-corrected chi connectivity index (χ2v) is 5.51. The fourth-order valence-corrected chi connectivity index (χ4v) is 2.48. The minimum Gasteiger partial charge on any atom is -0.258 e. The van der Waals surface area contributed by atoms with E-state index in [2.05, 4.69) is 10.2 Å². The highest BCUT2D eigenvalue weighted by Gasteiger charge is 2.19. The molecule has 0 saturated carbocycles. The van der Waals surface area contributed by atoms with E-state index in [0.29, 0.717) is 8.02 Å². The molecule has 0 fully saturated rings. The molecule has 0 amide bonds. The highest BCUT2D eigenvalue weighted by Crippen LogP contribution is 2.32. The van der Waals surface area contributed by atoms with Crippen molar-refractivity contribution in [3.63, 3.8) is 0 Å². The van der Waals surface area contributed by atoms with Crippen LogP contribution in [0.15, 0.2) is 18.2 Å². The number of hydrogen-bond acceptors (Lipinski definition) is 5. The van der Waals surface area contributed by atoms with Crippen molar-refractivity contribution in [1.29, 1.82) is 0 Å². The molecule has 16 heavy (non-hydrogen) atoms. The van der Waals surface area contributed by atoms with Gasteiger partial charge in [-0.2, -0.15) is 0 Å². The average Bonchev–Trinajstić information content (AvgIpc) is 2.64. The van der Waals surface area contributed by atoms with Crippen molar-refractivity contribution in [3.05, 3.63) is 37.1 Å². The molecule has 0 N–H and O–H groups in total.